The molecule has 20 heavy (non-hydrogen) atoms. The van der Waals surface area contributed by atoms with E-state index >= 15 is 0 Å². The van der Waals surface area contributed by atoms with Crippen LogP contribution in [0.2, 0.25) is 0 Å². The van der Waals surface area contributed by atoms with Gasteiger partial charge in [-0.1, -0.05) is 38.1 Å². The molecule has 3 heteroatoms. The standard InChI is InChI=1S/C17H25N3/c1-17(2,13-20(3)4)12-19-11-15-10-18-9-14-7-5-6-8-16(14)15/h5-10,19H,11-13H2,1-4H3. The van der Waals surface area contributed by atoms with Crippen LogP contribution in [0.25, 0.3) is 10.8 Å². The van der Waals surface area contributed by atoms with Crippen molar-refractivity contribution < 1.29 is 0 Å². The smallest absolute Gasteiger partial charge is 0.0346 e. The van der Waals surface area contributed by atoms with Gasteiger partial charge in [0.15, 0.2) is 0 Å². The van der Waals surface area contributed by atoms with Crippen molar-refractivity contribution in [1.29, 1.82) is 0 Å². The highest BCUT2D eigenvalue weighted by Gasteiger charge is 2.18. The molecule has 0 aliphatic carbocycles. The first-order valence-corrected chi connectivity index (χ1v) is 7.15. The summed E-state index contributed by atoms with van der Waals surface area (Å²) in [6.07, 6.45) is 3.89. The van der Waals surface area contributed by atoms with Gasteiger partial charge in [0.1, 0.15) is 0 Å². The van der Waals surface area contributed by atoms with Crippen LogP contribution in [0, 0.1) is 5.41 Å². The topological polar surface area (TPSA) is 28.2 Å². The van der Waals surface area contributed by atoms with Gasteiger partial charge < -0.3 is 10.2 Å². The highest BCUT2D eigenvalue weighted by molar-refractivity contribution is 5.84. The number of aromatic nitrogens is 1. The Kier molecular flexibility index (Phi) is 4.73. The Balaban J connectivity index is 2.00. The predicted molar refractivity (Wildman–Crippen MR) is 85.8 cm³/mol. The van der Waals surface area contributed by atoms with Gasteiger partial charge in [-0.05, 0) is 30.5 Å². The van der Waals surface area contributed by atoms with E-state index in [1.807, 2.05) is 12.4 Å². The van der Waals surface area contributed by atoms with Crippen molar-refractivity contribution in [2.45, 2.75) is 20.4 Å². The molecule has 0 saturated heterocycles. The quantitative estimate of drug-likeness (QED) is 0.875. The molecule has 108 valence electrons. The number of nitrogens with zero attached hydrogens (tertiary/aromatic N) is 2. The van der Waals surface area contributed by atoms with Gasteiger partial charge in [0, 0.05) is 37.4 Å². The zero-order valence-corrected chi connectivity index (χ0v) is 13.0. The van der Waals surface area contributed by atoms with Gasteiger partial charge in [0.25, 0.3) is 0 Å². The van der Waals surface area contributed by atoms with E-state index in [1.54, 1.807) is 0 Å². The maximum absolute atomic E-state index is 4.33. The molecule has 0 radical (unpaired) electrons. The number of hydrogen-bond donors (Lipinski definition) is 1. The highest BCUT2D eigenvalue weighted by Crippen LogP contribution is 2.18. The largest absolute Gasteiger partial charge is 0.312 e. The van der Waals surface area contributed by atoms with Crippen LogP contribution in [0.5, 0.6) is 0 Å². The Morgan fingerprint density at radius 1 is 1.15 bits per heavy atom. The third-order valence-electron chi connectivity index (χ3n) is 3.41. The molecular formula is C17H25N3. The number of fused-ring (bicyclic) bond motifs is 1. The fraction of sp³-hybridized carbons (Fsp3) is 0.471. The molecule has 1 heterocycles. The lowest BCUT2D eigenvalue weighted by molar-refractivity contribution is 0.232. The first kappa shape index (κ1) is 14.9. The van der Waals surface area contributed by atoms with Crippen molar-refractivity contribution in [1.82, 2.24) is 15.2 Å². The molecule has 0 aliphatic rings. The summed E-state index contributed by atoms with van der Waals surface area (Å²) in [6.45, 7) is 7.52. The van der Waals surface area contributed by atoms with Crippen LogP contribution in [-0.4, -0.2) is 37.1 Å². The number of nitrogens with one attached hydrogen (secondary N) is 1. The Bertz CT molecular complexity index is 556. The molecule has 0 unspecified atom stereocenters. The van der Waals surface area contributed by atoms with E-state index in [-0.39, 0.29) is 5.41 Å². The van der Waals surface area contributed by atoms with Crippen molar-refractivity contribution in [2.24, 2.45) is 5.41 Å². The molecule has 0 aliphatic heterocycles. The van der Waals surface area contributed by atoms with Gasteiger partial charge in [0.05, 0.1) is 0 Å². The minimum absolute atomic E-state index is 0.265. The summed E-state index contributed by atoms with van der Waals surface area (Å²) in [5, 5.41) is 6.07. The molecule has 0 bridgehead atoms. The monoisotopic (exact) mass is 271 g/mol. The van der Waals surface area contributed by atoms with E-state index in [1.165, 1.54) is 16.3 Å². The van der Waals surface area contributed by atoms with Crippen molar-refractivity contribution in [3.8, 4) is 0 Å². The van der Waals surface area contributed by atoms with Crippen LogP contribution in [-0.2, 0) is 6.54 Å². The Morgan fingerprint density at radius 3 is 2.65 bits per heavy atom. The fourth-order valence-electron chi connectivity index (χ4n) is 2.77. The summed E-state index contributed by atoms with van der Waals surface area (Å²) >= 11 is 0. The predicted octanol–water partition coefficient (Wildman–Crippen LogP) is 2.91. The lowest BCUT2D eigenvalue weighted by Crippen LogP contribution is -2.37. The maximum atomic E-state index is 4.33. The van der Waals surface area contributed by atoms with Gasteiger partial charge in [-0.3, -0.25) is 4.98 Å². The average Bonchev–Trinajstić information content (AvgIpc) is 2.37. The summed E-state index contributed by atoms with van der Waals surface area (Å²) in [6, 6.07) is 8.42. The third kappa shape index (κ3) is 4.02. The van der Waals surface area contributed by atoms with Crippen molar-refractivity contribution in [3.63, 3.8) is 0 Å². The van der Waals surface area contributed by atoms with Crippen LogP contribution < -0.4 is 5.32 Å². The molecule has 1 aromatic heterocycles. The fourth-order valence-corrected chi connectivity index (χ4v) is 2.77. The molecule has 0 fully saturated rings. The number of rotatable bonds is 6. The highest BCUT2D eigenvalue weighted by atomic mass is 15.1. The summed E-state index contributed by atoms with van der Waals surface area (Å²) in [4.78, 5) is 6.57. The maximum Gasteiger partial charge on any atom is 0.0346 e. The summed E-state index contributed by atoms with van der Waals surface area (Å²) in [5.74, 6) is 0. The zero-order chi connectivity index (χ0) is 14.6. The molecule has 2 aromatic rings. The van der Waals surface area contributed by atoms with Crippen molar-refractivity contribution in [3.05, 3.63) is 42.2 Å². The molecule has 2 rings (SSSR count). The second kappa shape index (κ2) is 6.33. The molecule has 0 atom stereocenters. The van der Waals surface area contributed by atoms with Gasteiger partial charge in [-0.15, -0.1) is 0 Å². The van der Waals surface area contributed by atoms with E-state index in [0.717, 1.165) is 19.6 Å². The minimum atomic E-state index is 0.265. The number of benzene rings is 1. The van der Waals surface area contributed by atoms with Crippen molar-refractivity contribution in [2.75, 3.05) is 27.2 Å². The van der Waals surface area contributed by atoms with Gasteiger partial charge in [-0.25, -0.2) is 0 Å². The number of pyridine rings is 1. The second-order valence-electron chi connectivity index (χ2n) is 6.53. The first-order valence-electron chi connectivity index (χ1n) is 7.15. The molecule has 3 nitrogen and oxygen atoms in total. The lowest BCUT2D eigenvalue weighted by Gasteiger charge is -2.28. The van der Waals surface area contributed by atoms with Crippen LogP contribution in [0.4, 0.5) is 0 Å². The van der Waals surface area contributed by atoms with Crippen LogP contribution in [0.15, 0.2) is 36.7 Å². The normalized spacial score (nSPS) is 12.2. The molecule has 1 N–H and O–H groups in total. The van der Waals surface area contributed by atoms with Crippen molar-refractivity contribution >= 4 is 10.8 Å². The van der Waals surface area contributed by atoms with Gasteiger partial charge in [0.2, 0.25) is 0 Å². The Hall–Kier alpha value is -1.45. The Labute approximate surface area is 122 Å². The van der Waals surface area contributed by atoms with E-state index in [0.29, 0.717) is 0 Å². The number of hydrogen-bond acceptors (Lipinski definition) is 3. The summed E-state index contributed by atoms with van der Waals surface area (Å²) < 4.78 is 0. The lowest BCUT2D eigenvalue weighted by atomic mass is 9.93. The Morgan fingerprint density at radius 2 is 1.90 bits per heavy atom. The average molecular weight is 271 g/mol. The van der Waals surface area contributed by atoms with Crippen LogP contribution in [0.3, 0.4) is 0 Å². The van der Waals surface area contributed by atoms with Gasteiger partial charge >= 0.3 is 0 Å². The van der Waals surface area contributed by atoms with E-state index in [2.05, 4.69) is 67.4 Å². The van der Waals surface area contributed by atoms with E-state index in [4.69, 9.17) is 0 Å². The van der Waals surface area contributed by atoms with Gasteiger partial charge in [-0.2, -0.15) is 0 Å². The molecular weight excluding hydrogens is 246 g/mol. The second-order valence-corrected chi connectivity index (χ2v) is 6.53. The summed E-state index contributed by atoms with van der Waals surface area (Å²) in [5.41, 5.74) is 1.53. The first-order chi connectivity index (χ1) is 9.48. The van der Waals surface area contributed by atoms with E-state index < -0.39 is 0 Å². The third-order valence-corrected chi connectivity index (χ3v) is 3.41. The summed E-state index contributed by atoms with van der Waals surface area (Å²) in [7, 11) is 4.24. The van der Waals surface area contributed by atoms with Crippen LogP contribution >= 0.6 is 0 Å². The zero-order valence-electron chi connectivity index (χ0n) is 13.0. The molecule has 0 saturated carbocycles. The molecule has 1 aromatic carbocycles. The molecule has 0 spiro atoms. The minimum Gasteiger partial charge on any atom is -0.312 e. The SMILES string of the molecule is CN(C)CC(C)(C)CNCc1cncc2ccccc12. The van der Waals surface area contributed by atoms with E-state index in [9.17, 15) is 0 Å². The van der Waals surface area contributed by atoms with Crippen LogP contribution in [0.1, 0.15) is 19.4 Å². The molecule has 0 amide bonds.